The third-order valence-corrected chi connectivity index (χ3v) is 4.73. The number of non-ortho nitro benzene ring substituents is 1. The van der Waals surface area contributed by atoms with Crippen LogP contribution in [0.2, 0.25) is 10.0 Å². The average molecular weight is 447 g/mol. The number of anilines is 1. The van der Waals surface area contributed by atoms with E-state index < -0.39 is 15.7 Å². The minimum absolute atomic E-state index is 0.00743. The molecule has 3 rings (SSSR count). The molecule has 0 saturated heterocycles. The zero-order valence-corrected chi connectivity index (χ0v) is 17.0. The molecule has 0 aliphatic rings. The summed E-state index contributed by atoms with van der Waals surface area (Å²) >= 11 is 12.1. The van der Waals surface area contributed by atoms with Crippen molar-refractivity contribution in [3.8, 4) is 11.3 Å². The maximum Gasteiger partial charge on any atom is 0.390 e. The van der Waals surface area contributed by atoms with E-state index in [1.54, 1.807) is 31.2 Å². The molecule has 0 aliphatic heterocycles. The van der Waals surface area contributed by atoms with Crippen LogP contribution in [0.4, 0.5) is 17.2 Å². The Labute approximate surface area is 181 Å². The number of aromatic nitrogens is 2. The van der Waals surface area contributed by atoms with Crippen LogP contribution < -0.4 is 5.32 Å². The fourth-order valence-electron chi connectivity index (χ4n) is 2.61. The van der Waals surface area contributed by atoms with E-state index in [2.05, 4.69) is 15.3 Å². The molecule has 0 fully saturated rings. The molecule has 0 saturated carbocycles. The van der Waals surface area contributed by atoms with Crippen LogP contribution >= 0.6 is 23.2 Å². The summed E-state index contributed by atoms with van der Waals surface area (Å²) in [6.07, 6.45) is 1.32. The molecular weight excluding hydrogens is 433 g/mol. The number of nitrogens with zero attached hydrogens (tertiary/aromatic N) is 4. The highest BCUT2D eigenvalue weighted by Crippen LogP contribution is 2.34. The largest absolute Gasteiger partial charge is 0.390 e. The Morgan fingerprint density at radius 2 is 1.77 bits per heavy atom. The third-order valence-electron chi connectivity index (χ3n) is 4.19. The summed E-state index contributed by atoms with van der Waals surface area (Å²) in [5, 5.41) is 25.9. The van der Waals surface area contributed by atoms with Crippen LogP contribution in [0.15, 0.2) is 48.7 Å². The number of benzene rings is 2. The minimum atomic E-state index is -0.624. The number of hydrogen-bond donors (Lipinski definition) is 1. The Bertz CT molecular complexity index is 1110. The molecule has 1 N–H and O–H groups in total. The van der Waals surface area contributed by atoms with Gasteiger partial charge in [0.05, 0.1) is 15.6 Å². The summed E-state index contributed by atoms with van der Waals surface area (Å²) in [7, 11) is 0. The second kappa shape index (κ2) is 9.02. The average Bonchev–Trinajstić information content (AvgIpc) is 2.71. The summed E-state index contributed by atoms with van der Waals surface area (Å²) in [6, 6.07) is 10.6. The first-order valence-corrected chi connectivity index (χ1v) is 9.30. The van der Waals surface area contributed by atoms with Crippen LogP contribution in [0.5, 0.6) is 0 Å². The zero-order valence-electron chi connectivity index (χ0n) is 15.5. The topological polar surface area (TPSA) is 124 Å². The normalized spacial score (nSPS) is 10.8. The van der Waals surface area contributed by atoms with Gasteiger partial charge >= 0.3 is 5.82 Å². The molecular formula is C19H14Cl2N5O4. The molecule has 30 heavy (non-hydrogen) atoms. The molecule has 1 aromatic heterocycles. The molecule has 0 atom stereocenters. The van der Waals surface area contributed by atoms with Gasteiger partial charge in [-0.1, -0.05) is 30.1 Å². The molecule has 11 heteroatoms. The van der Waals surface area contributed by atoms with Crippen LogP contribution in [-0.2, 0) is 0 Å². The van der Waals surface area contributed by atoms with Crippen molar-refractivity contribution in [1.82, 2.24) is 9.97 Å². The van der Waals surface area contributed by atoms with E-state index in [0.717, 1.165) is 5.92 Å². The van der Waals surface area contributed by atoms with Crippen molar-refractivity contribution in [2.24, 2.45) is 0 Å². The number of rotatable bonds is 7. The van der Waals surface area contributed by atoms with Crippen LogP contribution in [0.1, 0.15) is 12.6 Å². The second-order valence-corrected chi connectivity index (χ2v) is 7.09. The molecule has 3 aromatic rings. The Balaban J connectivity index is 1.85. The first kappa shape index (κ1) is 21.4. The van der Waals surface area contributed by atoms with Crippen molar-refractivity contribution in [3.63, 3.8) is 0 Å². The van der Waals surface area contributed by atoms with Crippen molar-refractivity contribution in [1.29, 1.82) is 0 Å². The van der Waals surface area contributed by atoms with Gasteiger partial charge in [0.25, 0.3) is 5.69 Å². The Morgan fingerprint density at radius 3 is 2.37 bits per heavy atom. The molecule has 1 heterocycles. The van der Waals surface area contributed by atoms with Gasteiger partial charge in [-0.15, -0.1) is 0 Å². The summed E-state index contributed by atoms with van der Waals surface area (Å²) in [5.41, 5.74) is 1.49. The molecule has 0 aliphatic carbocycles. The van der Waals surface area contributed by atoms with Crippen LogP contribution in [-0.4, -0.2) is 26.4 Å². The number of nitrogens with one attached hydrogen (secondary N) is 1. The molecule has 0 amide bonds. The monoisotopic (exact) mass is 446 g/mol. The van der Waals surface area contributed by atoms with Gasteiger partial charge in [0.1, 0.15) is 0 Å². The molecule has 9 nitrogen and oxygen atoms in total. The number of nitro benzene ring substituents is 1. The van der Waals surface area contributed by atoms with Gasteiger partial charge < -0.3 is 15.4 Å². The standard InChI is InChI=1S/C19H14Cl2N5O4/c1-11(9-22-13-3-5-14(6-4-13)25(27)28)17-10-23-19(26(29)30)18(24-17)15-7-2-12(20)8-16(15)21/h2-8,10,22H,9H2,1H3. The lowest BCUT2D eigenvalue weighted by molar-refractivity contribution is -0.389. The highest BCUT2D eigenvalue weighted by molar-refractivity contribution is 6.36. The number of hydrogen-bond acceptors (Lipinski definition) is 7. The van der Waals surface area contributed by atoms with E-state index in [1.165, 1.54) is 24.4 Å². The molecule has 153 valence electrons. The SMILES string of the molecule is C[C](CNc1ccc([N+](=O)[O-])cc1)c1cnc([N+](=O)[O-])c(-c2ccc(Cl)cc2Cl)n1. The van der Waals surface area contributed by atoms with Gasteiger partial charge in [-0.05, 0) is 40.2 Å². The number of nitro groups is 2. The molecule has 0 bridgehead atoms. The summed E-state index contributed by atoms with van der Waals surface area (Å²) in [6.45, 7) is 2.14. The highest BCUT2D eigenvalue weighted by atomic mass is 35.5. The summed E-state index contributed by atoms with van der Waals surface area (Å²) in [4.78, 5) is 29.4. The highest BCUT2D eigenvalue weighted by Gasteiger charge is 2.24. The number of halogens is 2. The Kier molecular flexibility index (Phi) is 6.43. The summed E-state index contributed by atoms with van der Waals surface area (Å²) < 4.78 is 0. The predicted octanol–water partition coefficient (Wildman–Crippen LogP) is 5.32. The lowest BCUT2D eigenvalue weighted by Crippen LogP contribution is -2.13. The fraction of sp³-hybridized carbons (Fsp3) is 0.105. The van der Waals surface area contributed by atoms with E-state index in [4.69, 9.17) is 23.2 Å². The van der Waals surface area contributed by atoms with Crippen LogP contribution in [0.25, 0.3) is 11.3 Å². The first-order chi connectivity index (χ1) is 14.3. The van der Waals surface area contributed by atoms with Gasteiger partial charge in [-0.25, -0.2) is 4.98 Å². The minimum Gasteiger partial charge on any atom is -0.384 e. The van der Waals surface area contributed by atoms with Crippen molar-refractivity contribution in [2.75, 3.05) is 11.9 Å². The lowest BCUT2D eigenvalue weighted by atomic mass is 10.1. The van der Waals surface area contributed by atoms with E-state index in [1.807, 2.05) is 0 Å². The van der Waals surface area contributed by atoms with Crippen LogP contribution in [0.3, 0.4) is 0 Å². The van der Waals surface area contributed by atoms with Gasteiger partial charge in [0, 0.05) is 40.9 Å². The van der Waals surface area contributed by atoms with Gasteiger partial charge in [-0.3, -0.25) is 10.1 Å². The Morgan fingerprint density at radius 1 is 1.07 bits per heavy atom. The maximum atomic E-state index is 11.4. The van der Waals surface area contributed by atoms with Gasteiger partial charge in [0.15, 0.2) is 11.9 Å². The molecule has 1 radical (unpaired) electrons. The first-order valence-electron chi connectivity index (χ1n) is 8.54. The van der Waals surface area contributed by atoms with Crippen molar-refractivity contribution >= 4 is 40.4 Å². The Hall–Kier alpha value is -3.30. The van der Waals surface area contributed by atoms with Crippen molar-refractivity contribution < 1.29 is 9.85 Å². The van der Waals surface area contributed by atoms with E-state index in [0.29, 0.717) is 28.5 Å². The maximum absolute atomic E-state index is 11.4. The van der Waals surface area contributed by atoms with Gasteiger partial charge in [-0.2, -0.15) is 0 Å². The quantitative estimate of drug-likeness (QED) is 0.384. The van der Waals surface area contributed by atoms with Crippen molar-refractivity contribution in [2.45, 2.75) is 6.92 Å². The second-order valence-electron chi connectivity index (χ2n) is 6.25. The lowest BCUT2D eigenvalue weighted by Gasteiger charge is -2.13. The van der Waals surface area contributed by atoms with E-state index in [-0.39, 0.29) is 16.4 Å². The molecule has 2 aromatic carbocycles. The summed E-state index contributed by atoms with van der Waals surface area (Å²) in [5.74, 6) is 0.334. The van der Waals surface area contributed by atoms with E-state index in [9.17, 15) is 20.2 Å². The predicted molar refractivity (Wildman–Crippen MR) is 114 cm³/mol. The smallest absolute Gasteiger partial charge is 0.384 e. The molecule has 0 unspecified atom stereocenters. The zero-order chi connectivity index (χ0) is 21.8. The van der Waals surface area contributed by atoms with Crippen LogP contribution in [0, 0.1) is 26.1 Å². The fourth-order valence-corrected chi connectivity index (χ4v) is 3.11. The molecule has 0 spiro atoms. The van der Waals surface area contributed by atoms with E-state index >= 15 is 0 Å². The third kappa shape index (κ3) is 4.81. The van der Waals surface area contributed by atoms with Crippen molar-refractivity contribution in [3.05, 3.63) is 90.5 Å². The van der Waals surface area contributed by atoms with Gasteiger partial charge in [0.2, 0.25) is 0 Å².